The molecule has 1 saturated carbocycles. The van der Waals surface area contributed by atoms with Crippen LogP contribution in [0.1, 0.15) is 30.9 Å². The summed E-state index contributed by atoms with van der Waals surface area (Å²) >= 11 is 9.67. The van der Waals surface area contributed by atoms with Gasteiger partial charge in [0, 0.05) is 34.7 Å². The van der Waals surface area contributed by atoms with Gasteiger partial charge in [-0.25, -0.2) is 0 Å². The summed E-state index contributed by atoms with van der Waals surface area (Å²) in [5, 5.41) is 0.747. The SMILES string of the molecule is NCC(c1ccc(Cl)cc1Br)N1CCOC2CCCC21. The highest BCUT2D eigenvalue weighted by atomic mass is 79.9. The van der Waals surface area contributed by atoms with E-state index in [0.29, 0.717) is 18.7 Å². The molecule has 2 aliphatic rings. The van der Waals surface area contributed by atoms with E-state index in [9.17, 15) is 0 Å². The van der Waals surface area contributed by atoms with E-state index in [1.807, 2.05) is 12.1 Å². The van der Waals surface area contributed by atoms with Gasteiger partial charge in [0.2, 0.25) is 0 Å². The number of fused-ring (bicyclic) bond motifs is 1. The van der Waals surface area contributed by atoms with Crippen LogP contribution in [0.3, 0.4) is 0 Å². The molecule has 0 amide bonds. The van der Waals surface area contributed by atoms with Gasteiger partial charge in [-0.05, 0) is 37.0 Å². The summed E-state index contributed by atoms with van der Waals surface area (Å²) < 4.78 is 6.94. The highest BCUT2D eigenvalue weighted by Crippen LogP contribution is 2.37. The Morgan fingerprint density at radius 2 is 2.30 bits per heavy atom. The first-order valence-corrected chi connectivity index (χ1v) is 8.40. The van der Waals surface area contributed by atoms with Crippen molar-refractivity contribution in [2.75, 3.05) is 19.7 Å². The van der Waals surface area contributed by atoms with Crippen molar-refractivity contribution in [2.45, 2.75) is 37.5 Å². The second-order valence-electron chi connectivity index (χ2n) is 5.56. The van der Waals surface area contributed by atoms with E-state index in [1.165, 1.54) is 24.8 Å². The summed E-state index contributed by atoms with van der Waals surface area (Å²) in [6.07, 6.45) is 4.04. The van der Waals surface area contributed by atoms with Crippen molar-refractivity contribution in [3.05, 3.63) is 33.3 Å². The quantitative estimate of drug-likeness (QED) is 0.899. The number of ether oxygens (including phenoxy) is 1. The number of hydrogen-bond acceptors (Lipinski definition) is 3. The number of halogens is 2. The van der Waals surface area contributed by atoms with E-state index in [4.69, 9.17) is 22.1 Å². The molecule has 1 aromatic rings. The van der Waals surface area contributed by atoms with Gasteiger partial charge < -0.3 is 10.5 Å². The third-order valence-electron chi connectivity index (χ3n) is 4.47. The number of rotatable bonds is 3. The molecule has 3 nitrogen and oxygen atoms in total. The molecule has 5 heteroatoms. The Bertz CT molecular complexity index is 485. The lowest BCUT2D eigenvalue weighted by atomic mass is 10.0. The predicted molar refractivity (Wildman–Crippen MR) is 85.0 cm³/mol. The molecule has 1 heterocycles. The molecular formula is C15H20BrClN2O. The van der Waals surface area contributed by atoms with Gasteiger partial charge in [0.25, 0.3) is 0 Å². The van der Waals surface area contributed by atoms with E-state index in [1.54, 1.807) is 0 Å². The maximum Gasteiger partial charge on any atom is 0.0731 e. The van der Waals surface area contributed by atoms with Crippen molar-refractivity contribution < 1.29 is 4.74 Å². The van der Waals surface area contributed by atoms with Crippen LogP contribution < -0.4 is 5.73 Å². The van der Waals surface area contributed by atoms with Crippen LogP contribution in [0.5, 0.6) is 0 Å². The lowest BCUT2D eigenvalue weighted by molar-refractivity contribution is -0.0712. The molecule has 3 rings (SSSR count). The second kappa shape index (κ2) is 6.32. The van der Waals surface area contributed by atoms with Gasteiger partial charge in [0.05, 0.1) is 12.7 Å². The van der Waals surface area contributed by atoms with Crippen LogP contribution in [0.2, 0.25) is 5.02 Å². The molecule has 3 unspecified atom stereocenters. The van der Waals surface area contributed by atoms with Crippen LogP contribution in [-0.4, -0.2) is 36.7 Å². The molecule has 110 valence electrons. The van der Waals surface area contributed by atoms with Gasteiger partial charge in [0.15, 0.2) is 0 Å². The topological polar surface area (TPSA) is 38.5 Å². The first kappa shape index (κ1) is 14.8. The Labute approximate surface area is 133 Å². The van der Waals surface area contributed by atoms with Gasteiger partial charge in [-0.1, -0.05) is 33.6 Å². The van der Waals surface area contributed by atoms with Crippen molar-refractivity contribution in [3.8, 4) is 0 Å². The molecule has 2 N–H and O–H groups in total. The third kappa shape index (κ3) is 2.77. The maximum atomic E-state index is 6.09. The summed E-state index contributed by atoms with van der Waals surface area (Å²) in [6, 6.07) is 6.72. The smallest absolute Gasteiger partial charge is 0.0731 e. The van der Waals surface area contributed by atoms with Gasteiger partial charge >= 0.3 is 0 Å². The molecule has 20 heavy (non-hydrogen) atoms. The molecule has 0 radical (unpaired) electrons. The lowest BCUT2D eigenvalue weighted by Crippen LogP contribution is -2.51. The minimum Gasteiger partial charge on any atom is -0.375 e. The number of hydrogen-bond donors (Lipinski definition) is 1. The van der Waals surface area contributed by atoms with E-state index in [0.717, 1.165) is 22.6 Å². The summed E-state index contributed by atoms with van der Waals surface area (Å²) in [5.74, 6) is 0. The number of benzene rings is 1. The van der Waals surface area contributed by atoms with E-state index >= 15 is 0 Å². The van der Waals surface area contributed by atoms with Crippen LogP contribution in [0.25, 0.3) is 0 Å². The van der Waals surface area contributed by atoms with Crippen molar-refractivity contribution in [3.63, 3.8) is 0 Å². The number of morpholine rings is 1. The summed E-state index contributed by atoms with van der Waals surface area (Å²) in [4.78, 5) is 2.54. The first-order chi connectivity index (χ1) is 9.70. The van der Waals surface area contributed by atoms with Gasteiger partial charge in [-0.15, -0.1) is 0 Å². The molecule has 1 aliphatic carbocycles. The van der Waals surface area contributed by atoms with E-state index in [-0.39, 0.29) is 6.04 Å². The molecule has 2 fully saturated rings. The Morgan fingerprint density at radius 1 is 1.45 bits per heavy atom. The Morgan fingerprint density at radius 3 is 3.05 bits per heavy atom. The Balaban J connectivity index is 1.88. The molecule has 1 aliphatic heterocycles. The Hall–Kier alpha value is -0.130. The fourth-order valence-corrected chi connectivity index (χ4v) is 4.50. The molecule has 1 saturated heterocycles. The third-order valence-corrected chi connectivity index (χ3v) is 5.39. The van der Waals surface area contributed by atoms with Gasteiger partial charge in [-0.2, -0.15) is 0 Å². The van der Waals surface area contributed by atoms with Crippen molar-refractivity contribution in [2.24, 2.45) is 5.73 Å². The maximum absolute atomic E-state index is 6.09. The molecule has 1 aromatic carbocycles. The number of nitrogens with zero attached hydrogens (tertiary/aromatic N) is 1. The van der Waals surface area contributed by atoms with Crippen LogP contribution in [0, 0.1) is 0 Å². The molecule has 0 spiro atoms. The molecule has 0 bridgehead atoms. The monoisotopic (exact) mass is 358 g/mol. The van der Waals surface area contributed by atoms with E-state index < -0.39 is 0 Å². The highest BCUT2D eigenvalue weighted by Gasteiger charge is 2.39. The fraction of sp³-hybridized carbons (Fsp3) is 0.600. The molecule has 0 aromatic heterocycles. The largest absolute Gasteiger partial charge is 0.375 e. The van der Waals surface area contributed by atoms with Crippen LogP contribution in [-0.2, 0) is 4.74 Å². The first-order valence-electron chi connectivity index (χ1n) is 7.23. The summed E-state index contributed by atoms with van der Waals surface area (Å²) in [5.41, 5.74) is 7.32. The van der Waals surface area contributed by atoms with Crippen molar-refractivity contribution in [1.29, 1.82) is 0 Å². The van der Waals surface area contributed by atoms with Gasteiger partial charge in [-0.3, -0.25) is 4.90 Å². The standard InChI is InChI=1S/C15H20BrClN2O/c16-12-8-10(17)4-5-11(12)14(9-18)19-6-7-20-15-3-1-2-13(15)19/h4-5,8,13-15H,1-3,6-7,9,18H2. The minimum atomic E-state index is 0.233. The van der Waals surface area contributed by atoms with Crippen LogP contribution in [0.4, 0.5) is 0 Å². The predicted octanol–water partition coefficient (Wildman–Crippen LogP) is 3.36. The molecular weight excluding hydrogens is 340 g/mol. The van der Waals surface area contributed by atoms with Crippen LogP contribution in [0.15, 0.2) is 22.7 Å². The molecule has 3 atom stereocenters. The fourth-order valence-electron chi connectivity index (χ4n) is 3.56. The highest BCUT2D eigenvalue weighted by molar-refractivity contribution is 9.10. The van der Waals surface area contributed by atoms with Crippen molar-refractivity contribution >= 4 is 27.5 Å². The average Bonchev–Trinajstić information content (AvgIpc) is 2.91. The van der Waals surface area contributed by atoms with Crippen LogP contribution >= 0.6 is 27.5 Å². The lowest BCUT2D eigenvalue weighted by Gasteiger charge is -2.42. The van der Waals surface area contributed by atoms with Gasteiger partial charge in [0.1, 0.15) is 0 Å². The average molecular weight is 360 g/mol. The zero-order valence-electron chi connectivity index (χ0n) is 11.4. The zero-order chi connectivity index (χ0) is 14.1. The number of nitrogens with two attached hydrogens (primary N) is 1. The summed E-state index contributed by atoms with van der Waals surface area (Å²) in [6.45, 7) is 2.38. The second-order valence-corrected chi connectivity index (χ2v) is 6.85. The zero-order valence-corrected chi connectivity index (χ0v) is 13.7. The minimum absolute atomic E-state index is 0.233. The summed E-state index contributed by atoms with van der Waals surface area (Å²) in [7, 11) is 0. The normalized spacial score (nSPS) is 28.4. The Kier molecular flexibility index (Phi) is 4.68. The van der Waals surface area contributed by atoms with E-state index in [2.05, 4.69) is 26.9 Å². The van der Waals surface area contributed by atoms with Crippen molar-refractivity contribution in [1.82, 2.24) is 4.90 Å².